The van der Waals surface area contributed by atoms with Gasteiger partial charge in [0.25, 0.3) is 23.6 Å². The van der Waals surface area contributed by atoms with Gasteiger partial charge in [0.1, 0.15) is 48.9 Å². The van der Waals surface area contributed by atoms with Crippen LogP contribution in [0.1, 0.15) is 49.3 Å². The Labute approximate surface area is 392 Å². The van der Waals surface area contributed by atoms with Gasteiger partial charge in [0.2, 0.25) is 11.6 Å². The SMILES string of the molecule is CN1C(=O)[C@@H](NC(=O)c2n[nH]c(Cc3ccccc3)n2)COc2ccc(C#CCN3CCN(CC#Cc4ccc5c(c4)N(C)C(=O)[C@@H](NC(=O)c4ncn(Cc6ccccc6)n4)CO5)CC3)cc21. The van der Waals surface area contributed by atoms with E-state index in [1.54, 1.807) is 30.9 Å². The smallest absolute Gasteiger partial charge is 0.291 e. The molecule has 344 valence electrons. The molecule has 3 aliphatic rings. The summed E-state index contributed by atoms with van der Waals surface area (Å²) in [5.74, 6) is 12.7. The summed E-state index contributed by atoms with van der Waals surface area (Å²) < 4.78 is 13.5. The molecule has 5 heterocycles. The van der Waals surface area contributed by atoms with E-state index in [1.165, 1.54) is 16.1 Å². The highest BCUT2D eigenvalue weighted by Crippen LogP contribution is 2.33. The van der Waals surface area contributed by atoms with Gasteiger partial charge < -0.3 is 29.9 Å². The Kier molecular flexibility index (Phi) is 13.5. The van der Waals surface area contributed by atoms with E-state index >= 15 is 0 Å². The number of H-pyrrole nitrogens is 1. The molecule has 0 unspecified atom stereocenters. The molecule has 1 fully saturated rings. The van der Waals surface area contributed by atoms with E-state index < -0.39 is 23.9 Å². The number of hydrogen-bond acceptors (Lipinski definition) is 12. The van der Waals surface area contributed by atoms with Crippen LogP contribution in [0.4, 0.5) is 11.4 Å². The van der Waals surface area contributed by atoms with E-state index in [2.05, 4.69) is 69.4 Å². The zero-order chi connectivity index (χ0) is 47.0. The van der Waals surface area contributed by atoms with Crippen LogP contribution < -0.4 is 29.9 Å². The molecule has 3 N–H and O–H groups in total. The largest absolute Gasteiger partial charge is 0.489 e. The minimum absolute atomic E-state index is 0.0345. The highest BCUT2D eigenvalue weighted by Gasteiger charge is 2.33. The van der Waals surface area contributed by atoms with Crippen LogP contribution in [-0.2, 0) is 22.6 Å². The van der Waals surface area contributed by atoms with Crippen molar-refractivity contribution in [1.82, 2.24) is 50.4 Å². The van der Waals surface area contributed by atoms with Crippen LogP contribution in [0.2, 0.25) is 0 Å². The molecule has 0 saturated carbocycles. The van der Waals surface area contributed by atoms with E-state index in [-0.39, 0.29) is 36.7 Å². The molecule has 2 atom stereocenters. The van der Waals surface area contributed by atoms with Crippen LogP contribution in [-0.4, -0.2) is 142 Å². The maximum atomic E-state index is 13.5. The first-order chi connectivity index (χ1) is 33.1. The molecule has 0 spiro atoms. The predicted molar refractivity (Wildman–Crippen MR) is 251 cm³/mol. The van der Waals surface area contributed by atoms with Gasteiger partial charge in [-0.25, -0.2) is 14.6 Å². The lowest BCUT2D eigenvalue weighted by Crippen LogP contribution is -2.49. The number of nitrogens with zero attached hydrogens (tertiary/aromatic N) is 9. The molecule has 1 saturated heterocycles. The van der Waals surface area contributed by atoms with Crippen LogP contribution in [0.3, 0.4) is 0 Å². The molecule has 4 aromatic carbocycles. The van der Waals surface area contributed by atoms with Crippen LogP contribution in [0.25, 0.3) is 0 Å². The van der Waals surface area contributed by atoms with Crippen molar-refractivity contribution in [2.75, 3.05) is 76.4 Å². The number of ether oxygens (including phenoxy) is 2. The molecule has 68 heavy (non-hydrogen) atoms. The number of nitrogens with one attached hydrogen (secondary N) is 3. The fraction of sp³-hybridized carbons (Fsp3) is 0.280. The van der Waals surface area contributed by atoms with Gasteiger partial charge in [0, 0.05) is 57.8 Å². The average molecular weight is 913 g/mol. The van der Waals surface area contributed by atoms with Gasteiger partial charge in [0.15, 0.2) is 0 Å². The molecule has 9 rings (SSSR count). The number of aromatic amines is 1. The fourth-order valence-electron chi connectivity index (χ4n) is 7.93. The second kappa shape index (κ2) is 20.5. The summed E-state index contributed by atoms with van der Waals surface area (Å²) in [6, 6.07) is 28.5. The molecule has 3 aliphatic heterocycles. The summed E-state index contributed by atoms with van der Waals surface area (Å²) in [7, 11) is 3.30. The Morgan fingerprint density at radius 3 is 1.75 bits per heavy atom. The van der Waals surface area contributed by atoms with E-state index in [4.69, 9.17) is 9.47 Å². The van der Waals surface area contributed by atoms with Crippen LogP contribution in [0, 0.1) is 23.7 Å². The maximum Gasteiger partial charge on any atom is 0.291 e. The lowest BCUT2D eigenvalue weighted by atomic mass is 10.1. The van der Waals surface area contributed by atoms with E-state index in [0.717, 1.165) is 48.4 Å². The number of hydrogen-bond donors (Lipinski definition) is 3. The lowest BCUT2D eigenvalue weighted by Gasteiger charge is -2.32. The zero-order valence-corrected chi connectivity index (χ0v) is 37.5. The number of fused-ring (bicyclic) bond motifs is 2. The standard InChI is InChI=1S/C50H48N12O6/c1-58-40-27-35(17-19-42(40)67-31-38(49(58)65)52-47(63)45-51-33-62(57-45)30-37-13-7-4-8-14-37)15-9-21-60-23-25-61(26-24-60)22-10-16-36-18-20-43-41(28-36)59(2)50(66)39(32-68-43)53-48(64)46-54-44(55-56-46)29-34-11-5-3-6-12-34/h3-8,11-14,17-20,27-28,33,38-39H,21-26,29-32H2,1-2H3,(H,52,63)(H,53,64)(H,54,55,56)/t38-,39-/m0/s1. The van der Waals surface area contributed by atoms with Crippen molar-refractivity contribution in [3.05, 3.63) is 143 Å². The first kappa shape index (κ1) is 44.9. The molecule has 18 heteroatoms. The number of amides is 4. The monoisotopic (exact) mass is 912 g/mol. The lowest BCUT2D eigenvalue weighted by molar-refractivity contribution is -0.121. The third kappa shape index (κ3) is 10.7. The molecular weight excluding hydrogens is 865 g/mol. The number of likely N-dealkylation sites (N-methyl/N-ethyl adjacent to an activating group) is 2. The molecule has 0 aliphatic carbocycles. The number of piperazine rings is 1. The second-order valence-electron chi connectivity index (χ2n) is 16.5. The third-order valence-corrected chi connectivity index (χ3v) is 11.7. The van der Waals surface area contributed by atoms with Gasteiger partial charge in [-0.15, -0.1) is 10.2 Å². The molecule has 2 aromatic heterocycles. The minimum Gasteiger partial charge on any atom is -0.489 e. The minimum atomic E-state index is -0.947. The predicted octanol–water partition coefficient (Wildman–Crippen LogP) is 2.36. The molecular formula is C50H48N12O6. The third-order valence-electron chi connectivity index (χ3n) is 11.7. The van der Waals surface area contributed by atoms with E-state index in [9.17, 15) is 19.2 Å². The van der Waals surface area contributed by atoms with Crippen molar-refractivity contribution >= 4 is 35.0 Å². The fourth-order valence-corrected chi connectivity index (χ4v) is 7.93. The second-order valence-corrected chi connectivity index (χ2v) is 16.5. The van der Waals surface area contributed by atoms with Crippen LogP contribution in [0.5, 0.6) is 11.5 Å². The summed E-state index contributed by atoms with van der Waals surface area (Å²) in [5.41, 5.74) is 4.63. The van der Waals surface area contributed by atoms with Gasteiger partial charge in [-0.3, -0.25) is 34.1 Å². The highest BCUT2D eigenvalue weighted by molar-refractivity contribution is 6.03. The van der Waals surface area contributed by atoms with Gasteiger partial charge in [-0.1, -0.05) is 84.3 Å². The van der Waals surface area contributed by atoms with Crippen LogP contribution >= 0.6 is 0 Å². The van der Waals surface area contributed by atoms with Crippen molar-refractivity contribution in [1.29, 1.82) is 0 Å². The van der Waals surface area contributed by atoms with Gasteiger partial charge >= 0.3 is 0 Å². The van der Waals surface area contributed by atoms with E-state index in [1.807, 2.05) is 84.9 Å². The average Bonchev–Trinajstić information content (AvgIpc) is 4.00. The Hall–Kier alpha value is -8.32. The molecule has 6 aromatic rings. The Bertz CT molecular complexity index is 2740. The molecule has 0 radical (unpaired) electrons. The first-order valence-electron chi connectivity index (χ1n) is 22.1. The van der Waals surface area contributed by atoms with Crippen molar-refractivity contribution in [3.63, 3.8) is 0 Å². The van der Waals surface area contributed by atoms with Crippen molar-refractivity contribution in [2.45, 2.75) is 25.0 Å². The summed E-state index contributed by atoms with van der Waals surface area (Å²) in [6.07, 6.45) is 1.98. The van der Waals surface area contributed by atoms with Gasteiger partial charge in [-0.05, 0) is 47.5 Å². The molecule has 0 bridgehead atoms. The summed E-state index contributed by atoms with van der Waals surface area (Å²) in [5, 5.41) is 16.6. The number of carbonyl (C=O) groups excluding carboxylic acids is 4. The first-order valence-corrected chi connectivity index (χ1v) is 22.1. The molecule has 18 nitrogen and oxygen atoms in total. The Morgan fingerprint density at radius 2 is 1.21 bits per heavy atom. The summed E-state index contributed by atoms with van der Waals surface area (Å²) >= 11 is 0. The van der Waals surface area contributed by atoms with E-state index in [0.29, 0.717) is 54.8 Å². The maximum absolute atomic E-state index is 13.5. The molecule has 4 amide bonds. The number of aromatic nitrogens is 6. The summed E-state index contributed by atoms with van der Waals surface area (Å²) in [6.45, 7) is 4.82. The summed E-state index contributed by atoms with van der Waals surface area (Å²) in [4.78, 5) is 69.1. The van der Waals surface area contributed by atoms with Gasteiger partial charge in [0.05, 0.1) is 31.0 Å². The van der Waals surface area contributed by atoms with Crippen molar-refractivity contribution < 1.29 is 28.7 Å². The number of benzene rings is 4. The number of anilines is 2. The number of carbonyl (C=O) groups is 4. The Morgan fingerprint density at radius 1 is 0.691 bits per heavy atom. The van der Waals surface area contributed by atoms with Crippen molar-refractivity contribution in [2.24, 2.45) is 0 Å². The normalized spacial score (nSPS) is 17.1. The van der Waals surface area contributed by atoms with Crippen LogP contribution in [0.15, 0.2) is 103 Å². The highest BCUT2D eigenvalue weighted by atomic mass is 16.5. The quantitative estimate of drug-likeness (QED) is 0.170. The van der Waals surface area contributed by atoms with Gasteiger partial charge in [-0.2, -0.15) is 0 Å². The Balaban J connectivity index is 0.723. The zero-order valence-electron chi connectivity index (χ0n) is 37.5. The van der Waals surface area contributed by atoms with Crippen molar-refractivity contribution in [3.8, 4) is 35.2 Å². The number of rotatable bonds is 10. The topological polar surface area (TPSA) is 196 Å².